The highest BCUT2D eigenvalue weighted by molar-refractivity contribution is 6.30. The van der Waals surface area contributed by atoms with Crippen LogP contribution in [0, 0.1) is 0 Å². The van der Waals surface area contributed by atoms with Gasteiger partial charge in [-0.25, -0.2) is 0 Å². The first-order chi connectivity index (χ1) is 14.0. The smallest absolute Gasteiger partial charge is 0.258 e. The molecule has 5 nitrogen and oxygen atoms in total. The lowest BCUT2D eigenvalue weighted by molar-refractivity contribution is -0.123. The van der Waals surface area contributed by atoms with Gasteiger partial charge in [0.25, 0.3) is 11.8 Å². The van der Waals surface area contributed by atoms with Crippen molar-refractivity contribution in [1.29, 1.82) is 0 Å². The molecular formula is C23H21ClN2O3. The maximum absolute atomic E-state index is 12.2. The molecule has 0 fully saturated rings. The quantitative estimate of drug-likeness (QED) is 0.587. The van der Waals surface area contributed by atoms with Crippen LogP contribution in [0.15, 0.2) is 78.9 Å². The fraction of sp³-hybridized carbons (Fsp3) is 0.130. The van der Waals surface area contributed by atoms with Gasteiger partial charge in [0, 0.05) is 22.3 Å². The van der Waals surface area contributed by atoms with E-state index in [0.29, 0.717) is 22.0 Å². The van der Waals surface area contributed by atoms with E-state index in [2.05, 4.69) is 10.6 Å². The Morgan fingerprint density at radius 3 is 2.41 bits per heavy atom. The SMILES string of the molecule is CC(NC(=O)COc1cccc(NC(=O)c2ccccc2)c1)c1ccc(Cl)cc1. The van der Waals surface area contributed by atoms with E-state index >= 15 is 0 Å². The van der Waals surface area contributed by atoms with Gasteiger partial charge in [-0.2, -0.15) is 0 Å². The molecule has 3 aromatic carbocycles. The Hall–Kier alpha value is -3.31. The Morgan fingerprint density at radius 2 is 1.69 bits per heavy atom. The molecule has 0 aliphatic rings. The summed E-state index contributed by atoms with van der Waals surface area (Å²) in [4.78, 5) is 24.4. The molecule has 0 aliphatic carbocycles. The summed E-state index contributed by atoms with van der Waals surface area (Å²) >= 11 is 5.89. The number of halogens is 1. The van der Waals surface area contributed by atoms with Crippen LogP contribution in [0.4, 0.5) is 5.69 Å². The van der Waals surface area contributed by atoms with Crippen LogP contribution in [-0.2, 0) is 4.79 Å². The van der Waals surface area contributed by atoms with E-state index in [9.17, 15) is 9.59 Å². The summed E-state index contributed by atoms with van der Waals surface area (Å²) in [6, 6.07) is 23.0. The second-order valence-corrected chi connectivity index (χ2v) is 6.91. The molecule has 6 heteroatoms. The molecule has 0 bridgehead atoms. The standard InChI is InChI=1S/C23H21ClN2O3/c1-16(17-10-12-19(24)13-11-17)25-22(27)15-29-21-9-5-8-20(14-21)26-23(28)18-6-3-2-4-7-18/h2-14,16H,15H2,1H3,(H,25,27)(H,26,28). The predicted octanol–water partition coefficient (Wildman–Crippen LogP) is 4.85. The van der Waals surface area contributed by atoms with Crippen LogP contribution < -0.4 is 15.4 Å². The molecule has 0 aromatic heterocycles. The third kappa shape index (κ3) is 6.09. The molecule has 0 spiro atoms. The molecule has 0 radical (unpaired) electrons. The van der Waals surface area contributed by atoms with E-state index in [-0.39, 0.29) is 24.5 Å². The minimum Gasteiger partial charge on any atom is -0.484 e. The van der Waals surface area contributed by atoms with Crippen LogP contribution >= 0.6 is 11.6 Å². The van der Waals surface area contributed by atoms with Gasteiger partial charge in [-0.15, -0.1) is 0 Å². The lowest BCUT2D eigenvalue weighted by Crippen LogP contribution is -2.31. The summed E-state index contributed by atoms with van der Waals surface area (Å²) in [5.74, 6) is 0.0358. The number of anilines is 1. The predicted molar refractivity (Wildman–Crippen MR) is 114 cm³/mol. The number of rotatable bonds is 7. The van der Waals surface area contributed by atoms with Crippen LogP contribution in [-0.4, -0.2) is 18.4 Å². The van der Waals surface area contributed by atoms with Crippen molar-refractivity contribution in [3.8, 4) is 5.75 Å². The van der Waals surface area contributed by atoms with E-state index in [1.807, 2.05) is 25.1 Å². The van der Waals surface area contributed by atoms with Crippen molar-refractivity contribution in [2.24, 2.45) is 0 Å². The Labute approximate surface area is 174 Å². The number of carbonyl (C=O) groups excluding carboxylic acids is 2. The van der Waals surface area contributed by atoms with Crippen molar-refractivity contribution in [3.05, 3.63) is 95.0 Å². The zero-order valence-corrected chi connectivity index (χ0v) is 16.6. The molecule has 0 saturated heterocycles. The van der Waals surface area contributed by atoms with Gasteiger partial charge < -0.3 is 15.4 Å². The first kappa shape index (κ1) is 20.4. The van der Waals surface area contributed by atoms with Crippen LogP contribution in [0.2, 0.25) is 5.02 Å². The average Bonchev–Trinajstić information content (AvgIpc) is 2.73. The third-order valence-corrected chi connectivity index (χ3v) is 4.50. The number of nitrogens with one attached hydrogen (secondary N) is 2. The minimum absolute atomic E-state index is 0.131. The maximum Gasteiger partial charge on any atom is 0.258 e. The average molecular weight is 409 g/mol. The van der Waals surface area contributed by atoms with Crippen molar-refractivity contribution in [2.45, 2.75) is 13.0 Å². The van der Waals surface area contributed by atoms with Gasteiger partial charge in [-0.3, -0.25) is 9.59 Å². The number of amides is 2. The topological polar surface area (TPSA) is 67.4 Å². The van der Waals surface area contributed by atoms with E-state index in [4.69, 9.17) is 16.3 Å². The van der Waals surface area contributed by atoms with E-state index in [1.54, 1.807) is 60.7 Å². The maximum atomic E-state index is 12.2. The van der Waals surface area contributed by atoms with Crippen molar-refractivity contribution in [3.63, 3.8) is 0 Å². The Bertz CT molecular complexity index is 975. The fourth-order valence-corrected chi connectivity index (χ4v) is 2.85. The van der Waals surface area contributed by atoms with Gasteiger partial charge in [0.1, 0.15) is 5.75 Å². The molecule has 2 amide bonds. The minimum atomic E-state index is -0.244. The second kappa shape index (κ2) is 9.75. The summed E-state index contributed by atoms with van der Waals surface area (Å²) in [5, 5.41) is 6.34. The normalized spacial score (nSPS) is 11.4. The molecule has 3 aromatic rings. The molecule has 29 heavy (non-hydrogen) atoms. The number of hydrogen-bond donors (Lipinski definition) is 2. The Kier molecular flexibility index (Phi) is 6.87. The van der Waals surface area contributed by atoms with Gasteiger partial charge in [-0.05, 0) is 48.9 Å². The monoisotopic (exact) mass is 408 g/mol. The van der Waals surface area contributed by atoms with Gasteiger partial charge in [0.05, 0.1) is 6.04 Å². The molecule has 0 aliphatic heterocycles. The van der Waals surface area contributed by atoms with E-state index < -0.39 is 0 Å². The van der Waals surface area contributed by atoms with Crippen molar-refractivity contribution in [1.82, 2.24) is 5.32 Å². The summed E-state index contributed by atoms with van der Waals surface area (Å²) < 4.78 is 5.57. The first-order valence-electron chi connectivity index (χ1n) is 9.15. The summed E-state index contributed by atoms with van der Waals surface area (Å²) in [5.41, 5.74) is 2.11. The molecule has 2 N–H and O–H groups in total. The van der Waals surface area contributed by atoms with E-state index in [0.717, 1.165) is 5.56 Å². The van der Waals surface area contributed by atoms with Crippen molar-refractivity contribution in [2.75, 3.05) is 11.9 Å². The summed E-state index contributed by atoms with van der Waals surface area (Å²) in [6.07, 6.45) is 0. The van der Waals surface area contributed by atoms with Crippen LogP contribution in [0.1, 0.15) is 28.9 Å². The Balaban J connectivity index is 1.52. The molecule has 1 unspecified atom stereocenters. The first-order valence-corrected chi connectivity index (χ1v) is 9.53. The van der Waals surface area contributed by atoms with Crippen LogP contribution in [0.5, 0.6) is 5.75 Å². The van der Waals surface area contributed by atoms with Crippen molar-refractivity contribution < 1.29 is 14.3 Å². The van der Waals surface area contributed by atoms with Gasteiger partial charge in [-0.1, -0.05) is 48.0 Å². The van der Waals surface area contributed by atoms with Gasteiger partial charge >= 0.3 is 0 Å². The number of benzene rings is 3. The van der Waals surface area contributed by atoms with E-state index in [1.165, 1.54) is 0 Å². The molecule has 1 atom stereocenters. The zero-order chi connectivity index (χ0) is 20.6. The lowest BCUT2D eigenvalue weighted by Gasteiger charge is -2.15. The van der Waals surface area contributed by atoms with Crippen LogP contribution in [0.3, 0.4) is 0 Å². The largest absolute Gasteiger partial charge is 0.484 e. The van der Waals surface area contributed by atoms with Gasteiger partial charge in [0.2, 0.25) is 0 Å². The Morgan fingerprint density at radius 1 is 0.966 bits per heavy atom. The molecule has 0 saturated carbocycles. The van der Waals surface area contributed by atoms with Gasteiger partial charge in [0.15, 0.2) is 6.61 Å². The number of hydrogen-bond acceptors (Lipinski definition) is 3. The number of ether oxygens (including phenoxy) is 1. The van der Waals surface area contributed by atoms with Crippen LogP contribution in [0.25, 0.3) is 0 Å². The highest BCUT2D eigenvalue weighted by Crippen LogP contribution is 2.19. The zero-order valence-electron chi connectivity index (χ0n) is 15.9. The lowest BCUT2D eigenvalue weighted by atomic mass is 10.1. The molecule has 148 valence electrons. The molecular weight excluding hydrogens is 388 g/mol. The number of carbonyl (C=O) groups is 2. The fourth-order valence-electron chi connectivity index (χ4n) is 2.72. The molecule has 3 rings (SSSR count). The highest BCUT2D eigenvalue weighted by atomic mass is 35.5. The van der Waals surface area contributed by atoms with Crippen molar-refractivity contribution >= 4 is 29.1 Å². The summed E-state index contributed by atoms with van der Waals surface area (Å²) in [6.45, 7) is 1.76. The molecule has 0 heterocycles. The third-order valence-electron chi connectivity index (χ3n) is 4.25. The summed E-state index contributed by atoms with van der Waals surface area (Å²) in [7, 11) is 0. The highest BCUT2D eigenvalue weighted by Gasteiger charge is 2.11. The second-order valence-electron chi connectivity index (χ2n) is 6.48.